The molecule has 1 atom stereocenters. The van der Waals surface area contributed by atoms with Crippen LogP contribution in [-0.2, 0) is 4.79 Å². The second-order valence-electron chi connectivity index (χ2n) is 4.70. The molecule has 0 rings (SSSR count). The Morgan fingerprint density at radius 3 is 2.37 bits per heavy atom. The Kier molecular flexibility index (Phi) is 9.88. The van der Waals surface area contributed by atoms with Gasteiger partial charge in [0.15, 0.2) is 0 Å². The number of hydrogen-bond acceptors (Lipinski definition) is 3. The smallest absolute Gasteiger partial charge is 0.314 e. The van der Waals surface area contributed by atoms with Crippen molar-refractivity contribution in [3.05, 3.63) is 0 Å². The number of aliphatic carboxylic acids is 1. The molecule has 19 heavy (non-hydrogen) atoms. The van der Waals surface area contributed by atoms with Crippen LogP contribution < -0.4 is 10.6 Å². The normalized spacial score (nSPS) is 12.2. The van der Waals surface area contributed by atoms with E-state index in [0.29, 0.717) is 19.5 Å². The number of nitrogens with one attached hydrogen (secondary N) is 2. The van der Waals surface area contributed by atoms with Crippen LogP contribution in [-0.4, -0.2) is 54.7 Å². The fraction of sp³-hybridized carbons (Fsp3) is 0.846. The van der Waals surface area contributed by atoms with Crippen LogP contribution in [0.4, 0.5) is 4.79 Å². The zero-order chi connectivity index (χ0) is 14.7. The van der Waals surface area contributed by atoms with E-state index in [2.05, 4.69) is 29.4 Å². The van der Waals surface area contributed by atoms with Gasteiger partial charge >= 0.3 is 12.0 Å². The summed E-state index contributed by atoms with van der Waals surface area (Å²) < 4.78 is 0. The van der Waals surface area contributed by atoms with Crippen LogP contribution in [0.15, 0.2) is 0 Å². The molecule has 0 aliphatic heterocycles. The quantitative estimate of drug-likeness (QED) is 0.557. The summed E-state index contributed by atoms with van der Waals surface area (Å²) in [7, 11) is 0. The summed E-state index contributed by atoms with van der Waals surface area (Å²) in [4.78, 5) is 24.1. The molecule has 0 heterocycles. The van der Waals surface area contributed by atoms with Crippen LogP contribution >= 0.6 is 0 Å². The van der Waals surface area contributed by atoms with E-state index >= 15 is 0 Å². The van der Waals surface area contributed by atoms with Gasteiger partial charge in [0.2, 0.25) is 0 Å². The van der Waals surface area contributed by atoms with Crippen molar-refractivity contribution in [1.82, 2.24) is 15.5 Å². The van der Waals surface area contributed by atoms with E-state index in [4.69, 9.17) is 5.11 Å². The molecule has 1 unspecified atom stereocenters. The van der Waals surface area contributed by atoms with Gasteiger partial charge in [-0.2, -0.15) is 0 Å². The molecular weight excluding hydrogens is 246 g/mol. The predicted octanol–water partition coefficient (Wildman–Crippen LogP) is 1.13. The molecule has 0 saturated heterocycles. The molecule has 0 spiro atoms. The minimum absolute atomic E-state index is 0.145. The molecule has 0 aromatic rings. The first-order valence-corrected chi connectivity index (χ1v) is 6.95. The van der Waals surface area contributed by atoms with Gasteiger partial charge in [0.25, 0.3) is 0 Å². The lowest BCUT2D eigenvalue weighted by molar-refractivity contribution is -0.137. The van der Waals surface area contributed by atoms with Gasteiger partial charge in [-0.3, -0.25) is 4.79 Å². The lowest BCUT2D eigenvalue weighted by Gasteiger charge is -2.18. The molecule has 0 aromatic heterocycles. The van der Waals surface area contributed by atoms with E-state index in [9.17, 15) is 9.59 Å². The number of carbonyl (C=O) groups excluding carboxylic acids is 1. The first-order chi connectivity index (χ1) is 8.99. The van der Waals surface area contributed by atoms with Crippen molar-refractivity contribution in [3.63, 3.8) is 0 Å². The van der Waals surface area contributed by atoms with E-state index in [1.54, 1.807) is 0 Å². The maximum atomic E-state index is 11.5. The first kappa shape index (κ1) is 17.7. The average molecular weight is 273 g/mol. The molecule has 0 aliphatic carbocycles. The van der Waals surface area contributed by atoms with Crippen molar-refractivity contribution in [2.24, 2.45) is 5.92 Å². The summed E-state index contributed by atoms with van der Waals surface area (Å²) in [5, 5.41) is 14.1. The molecular formula is C13H27N3O3. The van der Waals surface area contributed by atoms with Crippen LogP contribution in [0.5, 0.6) is 0 Å². The monoisotopic (exact) mass is 273 g/mol. The third-order valence-corrected chi connectivity index (χ3v) is 3.07. The minimum atomic E-state index is -0.796. The Hall–Kier alpha value is -1.30. The van der Waals surface area contributed by atoms with Gasteiger partial charge in [-0.25, -0.2) is 4.79 Å². The second kappa shape index (κ2) is 10.6. The highest BCUT2D eigenvalue weighted by atomic mass is 16.4. The van der Waals surface area contributed by atoms with Gasteiger partial charge in [0.1, 0.15) is 0 Å². The third-order valence-electron chi connectivity index (χ3n) is 3.07. The van der Waals surface area contributed by atoms with E-state index < -0.39 is 5.97 Å². The number of carbonyl (C=O) groups is 2. The summed E-state index contributed by atoms with van der Waals surface area (Å²) in [5.41, 5.74) is 0. The number of carboxylic acid groups (broad SMARTS) is 1. The van der Waals surface area contributed by atoms with Crippen LogP contribution in [0, 0.1) is 5.92 Å². The molecule has 2 amide bonds. The van der Waals surface area contributed by atoms with Gasteiger partial charge in [-0.05, 0) is 25.4 Å². The Bertz CT molecular complexity index is 268. The zero-order valence-electron chi connectivity index (χ0n) is 12.2. The summed E-state index contributed by atoms with van der Waals surface area (Å²) >= 11 is 0. The number of likely N-dealkylation sites (N-methyl/N-ethyl adjacent to an activating group) is 1. The van der Waals surface area contributed by atoms with Crippen molar-refractivity contribution < 1.29 is 14.7 Å². The van der Waals surface area contributed by atoms with Crippen LogP contribution in [0.25, 0.3) is 0 Å². The third kappa shape index (κ3) is 10.3. The maximum absolute atomic E-state index is 11.5. The Morgan fingerprint density at radius 2 is 1.84 bits per heavy atom. The second-order valence-corrected chi connectivity index (χ2v) is 4.70. The Morgan fingerprint density at radius 1 is 1.21 bits per heavy atom. The van der Waals surface area contributed by atoms with Crippen molar-refractivity contribution in [2.45, 2.75) is 33.6 Å². The standard InChI is InChI=1S/C13H27N3O3/c1-4-16(5-2)9-8-14-13(19)15-10-11(3)6-7-12(17)18/h11H,4-10H2,1-3H3,(H,17,18)(H2,14,15,19). The topological polar surface area (TPSA) is 81.7 Å². The van der Waals surface area contributed by atoms with Crippen LogP contribution in [0.1, 0.15) is 33.6 Å². The van der Waals surface area contributed by atoms with Crippen molar-refractivity contribution >= 4 is 12.0 Å². The number of rotatable bonds is 10. The minimum Gasteiger partial charge on any atom is -0.481 e. The lowest BCUT2D eigenvalue weighted by atomic mass is 10.1. The number of carboxylic acids is 1. The Labute approximate surface area is 115 Å². The molecule has 6 nitrogen and oxygen atoms in total. The van der Waals surface area contributed by atoms with Gasteiger partial charge in [0.05, 0.1) is 0 Å². The molecule has 112 valence electrons. The van der Waals surface area contributed by atoms with Crippen molar-refractivity contribution in [3.8, 4) is 0 Å². The highest BCUT2D eigenvalue weighted by Gasteiger charge is 2.07. The largest absolute Gasteiger partial charge is 0.481 e. The molecule has 0 radical (unpaired) electrons. The highest BCUT2D eigenvalue weighted by Crippen LogP contribution is 2.03. The van der Waals surface area contributed by atoms with Gasteiger partial charge < -0.3 is 20.6 Å². The van der Waals surface area contributed by atoms with E-state index in [0.717, 1.165) is 19.6 Å². The molecule has 3 N–H and O–H groups in total. The molecule has 0 saturated carbocycles. The van der Waals surface area contributed by atoms with Crippen molar-refractivity contribution in [2.75, 3.05) is 32.7 Å². The van der Waals surface area contributed by atoms with Gasteiger partial charge in [0, 0.05) is 26.1 Å². The predicted molar refractivity (Wildman–Crippen MR) is 75.2 cm³/mol. The lowest BCUT2D eigenvalue weighted by Crippen LogP contribution is -2.41. The number of urea groups is 1. The fourth-order valence-corrected chi connectivity index (χ4v) is 1.67. The van der Waals surface area contributed by atoms with E-state index in [-0.39, 0.29) is 18.4 Å². The van der Waals surface area contributed by atoms with E-state index in [1.807, 2.05) is 6.92 Å². The van der Waals surface area contributed by atoms with E-state index in [1.165, 1.54) is 0 Å². The molecule has 0 bridgehead atoms. The molecule has 0 aromatic carbocycles. The molecule has 6 heteroatoms. The van der Waals surface area contributed by atoms with Crippen LogP contribution in [0.3, 0.4) is 0 Å². The van der Waals surface area contributed by atoms with Gasteiger partial charge in [-0.1, -0.05) is 20.8 Å². The fourth-order valence-electron chi connectivity index (χ4n) is 1.67. The SMILES string of the molecule is CCN(CC)CCNC(=O)NCC(C)CCC(=O)O. The number of hydrogen-bond donors (Lipinski definition) is 3. The average Bonchev–Trinajstić information content (AvgIpc) is 2.39. The van der Waals surface area contributed by atoms with Gasteiger partial charge in [-0.15, -0.1) is 0 Å². The zero-order valence-corrected chi connectivity index (χ0v) is 12.2. The summed E-state index contributed by atoms with van der Waals surface area (Å²) in [6.07, 6.45) is 0.724. The summed E-state index contributed by atoms with van der Waals surface area (Å²) in [5.74, 6) is -0.625. The summed E-state index contributed by atoms with van der Waals surface area (Å²) in [6.45, 7) is 10.0. The maximum Gasteiger partial charge on any atom is 0.314 e. The molecule has 0 fully saturated rings. The number of amides is 2. The van der Waals surface area contributed by atoms with Crippen LogP contribution in [0.2, 0.25) is 0 Å². The molecule has 0 aliphatic rings. The summed E-state index contributed by atoms with van der Waals surface area (Å²) in [6, 6.07) is -0.186. The first-order valence-electron chi connectivity index (χ1n) is 6.95. The van der Waals surface area contributed by atoms with Crippen molar-refractivity contribution in [1.29, 1.82) is 0 Å². The highest BCUT2D eigenvalue weighted by molar-refractivity contribution is 5.73. The number of nitrogens with zero attached hydrogens (tertiary/aromatic N) is 1. The Balaban J connectivity index is 3.61.